The van der Waals surface area contributed by atoms with E-state index in [-0.39, 0.29) is 46.9 Å². The summed E-state index contributed by atoms with van der Waals surface area (Å²) < 4.78 is 56.9. The van der Waals surface area contributed by atoms with Crippen molar-refractivity contribution in [2.45, 2.75) is 44.7 Å². The molecule has 256 valence electrons. The number of methoxy groups -OCH3 is 5. The third-order valence-corrected chi connectivity index (χ3v) is 9.19. The standard InChI is InChI=1S/C34H45N3O9S/c1-9-28(34(39)35-20-23(2)3)36(21-24-11-10-12-25(17-24)42-4)33(38)22-37(29-18-26(43-5)13-15-30(29)44-6)47(40,41)27-14-16-31(45-7)32(19-27)46-8/h10-19,23,28H,9,20-22H2,1-8H3,(H,35,39). The van der Waals surface area contributed by atoms with E-state index in [0.29, 0.717) is 29.4 Å². The molecule has 0 aliphatic rings. The van der Waals surface area contributed by atoms with Crippen LogP contribution >= 0.6 is 0 Å². The van der Waals surface area contributed by atoms with Crippen LogP contribution in [0.15, 0.2) is 65.6 Å². The largest absolute Gasteiger partial charge is 0.497 e. The van der Waals surface area contributed by atoms with Gasteiger partial charge >= 0.3 is 0 Å². The van der Waals surface area contributed by atoms with Crippen molar-refractivity contribution >= 4 is 27.5 Å². The second-order valence-corrected chi connectivity index (χ2v) is 12.9. The molecule has 0 heterocycles. The lowest BCUT2D eigenvalue weighted by atomic mass is 10.1. The lowest BCUT2D eigenvalue weighted by Gasteiger charge is -2.33. The van der Waals surface area contributed by atoms with Gasteiger partial charge in [-0.25, -0.2) is 8.42 Å². The first-order chi connectivity index (χ1) is 22.4. The van der Waals surface area contributed by atoms with E-state index in [1.165, 1.54) is 64.7 Å². The van der Waals surface area contributed by atoms with Gasteiger partial charge < -0.3 is 33.9 Å². The Morgan fingerprint density at radius 2 is 1.43 bits per heavy atom. The molecule has 13 heteroatoms. The summed E-state index contributed by atoms with van der Waals surface area (Å²) in [6.07, 6.45) is 0.282. The highest BCUT2D eigenvalue weighted by Gasteiger charge is 2.35. The molecular formula is C34H45N3O9S. The number of amides is 2. The fourth-order valence-electron chi connectivity index (χ4n) is 4.92. The van der Waals surface area contributed by atoms with Gasteiger partial charge in [0.25, 0.3) is 10.0 Å². The third kappa shape index (κ3) is 9.00. The number of rotatable bonds is 17. The summed E-state index contributed by atoms with van der Waals surface area (Å²) in [5.41, 5.74) is 0.759. The number of hydrogen-bond donors (Lipinski definition) is 1. The van der Waals surface area contributed by atoms with Gasteiger partial charge in [0.05, 0.1) is 46.1 Å². The van der Waals surface area contributed by atoms with Crippen LogP contribution in [0.3, 0.4) is 0 Å². The minimum absolute atomic E-state index is 0.0170. The summed E-state index contributed by atoms with van der Waals surface area (Å²) >= 11 is 0. The predicted octanol–water partition coefficient (Wildman–Crippen LogP) is 4.50. The maximum Gasteiger partial charge on any atom is 0.265 e. The van der Waals surface area contributed by atoms with Crippen LogP contribution in [0.4, 0.5) is 5.69 Å². The van der Waals surface area contributed by atoms with Crippen molar-refractivity contribution in [1.29, 1.82) is 0 Å². The Morgan fingerprint density at radius 3 is 2.02 bits per heavy atom. The van der Waals surface area contributed by atoms with E-state index in [9.17, 15) is 18.0 Å². The molecule has 47 heavy (non-hydrogen) atoms. The zero-order valence-electron chi connectivity index (χ0n) is 28.2. The van der Waals surface area contributed by atoms with Gasteiger partial charge in [-0.3, -0.25) is 13.9 Å². The molecule has 3 aromatic carbocycles. The molecular weight excluding hydrogens is 626 g/mol. The highest BCUT2D eigenvalue weighted by Crippen LogP contribution is 2.38. The lowest BCUT2D eigenvalue weighted by molar-refractivity contribution is -0.140. The summed E-state index contributed by atoms with van der Waals surface area (Å²) in [7, 11) is 2.76. The summed E-state index contributed by atoms with van der Waals surface area (Å²) in [5, 5.41) is 2.92. The van der Waals surface area contributed by atoms with Crippen molar-refractivity contribution < 1.29 is 41.7 Å². The average molecular weight is 672 g/mol. The molecule has 12 nitrogen and oxygen atoms in total. The maximum atomic E-state index is 14.5. The zero-order chi connectivity index (χ0) is 34.7. The van der Waals surface area contributed by atoms with Gasteiger partial charge in [-0.2, -0.15) is 0 Å². The molecule has 0 aromatic heterocycles. The van der Waals surface area contributed by atoms with Crippen LogP contribution in [-0.2, 0) is 26.2 Å². The van der Waals surface area contributed by atoms with E-state index < -0.39 is 28.5 Å². The number of benzene rings is 3. The van der Waals surface area contributed by atoms with Gasteiger partial charge in [-0.15, -0.1) is 0 Å². The van der Waals surface area contributed by atoms with E-state index in [1.54, 1.807) is 37.3 Å². The van der Waals surface area contributed by atoms with E-state index in [1.807, 2.05) is 19.9 Å². The van der Waals surface area contributed by atoms with Crippen molar-refractivity contribution in [3.05, 3.63) is 66.2 Å². The molecule has 0 bridgehead atoms. The highest BCUT2D eigenvalue weighted by molar-refractivity contribution is 7.92. The van der Waals surface area contributed by atoms with Crippen LogP contribution < -0.4 is 33.3 Å². The van der Waals surface area contributed by atoms with Gasteiger partial charge in [0.2, 0.25) is 11.8 Å². The van der Waals surface area contributed by atoms with Crippen LogP contribution in [0, 0.1) is 5.92 Å². The zero-order valence-corrected chi connectivity index (χ0v) is 29.1. The van der Waals surface area contributed by atoms with Gasteiger partial charge in [0.15, 0.2) is 11.5 Å². The van der Waals surface area contributed by atoms with Gasteiger partial charge in [0.1, 0.15) is 29.8 Å². The van der Waals surface area contributed by atoms with E-state index in [0.717, 1.165) is 4.31 Å². The predicted molar refractivity (Wildman–Crippen MR) is 179 cm³/mol. The van der Waals surface area contributed by atoms with Crippen molar-refractivity contribution in [3.8, 4) is 28.7 Å². The summed E-state index contributed by atoms with van der Waals surface area (Å²) in [5.74, 6) is 0.838. The molecule has 1 unspecified atom stereocenters. The molecule has 2 amide bonds. The smallest absolute Gasteiger partial charge is 0.265 e. The van der Waals surface area contributed by atoms with Crippen molar-refractivity contribution in [2.75, 3.05) is 52.9 Å². The minimum atomic E-state index is -4.46. The van der Waals surface area contributed by atoms with Gasteiger partial charge in [0, 0.05) is 25.2 Å². The fraction of sp³-hybridized carbons (Fsp3) is 0.412. The van der Waals surface area contributed by atoms with Crippen LogP contribution in [0.25, 0.3) is 0 Å². The maximum absolute atomic E-state index is 14.5. The number of carbonyl (C=O) groups is 2. The van der Waals surface area contributed by atoms with Crippen molar-refractivity contribution in [2.24, 2.45) is 5.92 Å². The Balaban J connectivity index is 2.19. The van der Waals surface area contributed by atoms with E-state index >= 15 is 0 Å². The first-order valence-electron chi connectivity index (χ1n) is 15.1. The van der Waals surface area contributed by atoms with Gasteiger partial charge in [-0.05, 0) is 54.3 Å². The SMILES string of the molecule is CCC(C(=O)NCC(C)C)N(Cc1cccc(OC)c1)C(=O)CN(c1cc(OC)ccc1OC)S(=O)(=O)c1ccc(OC)c(OC)c1. The second-order valence-electron chi connectivity index (χ2n) is 11.0. The Morgan fingerprint density at radius 1 is 0.787 bits per heavy atom. The number of ether oxygens (including phenoxy) is 5. The molecule has 0 spiro atoms. The Kier molecular flexibility index (Phi) is 13.1. The molecule has 0 radical (unpaired) electrons. The molecule has 3 rings (SSSR count). The van der Waals surface area contributed by atoms with Crippen LogP contribution in [0.2, 0.25) is 0 Å². The van der Waals surface area contributed by atoms with Gasteiger partial charge in [-0.1, -0.05) is 32.9 Å². The number of anilines is 1. The Labute approximate surface area is 277 Å². The summed E-state index contributed by atoms with van der Waals surface area (Å²) in [6.45, 7) is 5.50. The molecule has 1 N–H and O–H groups in total. The van der Waals surface area contributed by atoms with Crippen LogP contribution in [0.1, 0.15) is 32.8 Å². The summed E-state index contributed by atoms with van der Waals surface area (Å²) in [6, 6.07) is 15.0. The molecule has 0 aliphatic heterocycles. The first kappa shape index (κ1) is 36.8. The van der Waals surface area contributed by atoms with E-state index in [2.05, 4.69) is 5.32 Å². The number of carbonyl (C=O) groups excluding carboxylic acids is 2. The number of nitrogens with zero attached hydrogens (tertiary/aromatic N) is 2. The van der Waals surface area contributed by atoms with Crippen LogP contribution in [0.5, 0.6) is 28.7 Å². The molecule has 0 saturated carbocycles. The number of hydrogen-bond acceptors (Lipinski definition) is 9. The highest BCUT2D eigenvalue weighted by atomic mass is 32.2. The molecule has 0 saturated heterocycles. The summed E-state index contributed by atoms with van der Waals surface area (Å²) in [4.78, 5) is 29.2. The Bertz CT molecular complexity index is 1630. The minimum Gasteiger partial charge on any atom is -0.497 e. The molecule has 0 fully saturated rings. The molecule has 0 aliphatic carbocycles. The molecule has 1 atom stereocenters. The monoisotopic (exact) mass is 671 g/mol. The normalized spacial score (nSPS) is 11.8. The van der Waals surface area contributed by atoms with Crippen LogP contribution in [-0.4, -0.2) is 79.8 Å². The van der Waals surface area contributed by atoms with E-state index in [4.69, 9.17) is 23.7 Å². The number of sulfonamides is 1. The quantitative estimate of drug-likeness (QED) is 0.220. The second kappa shape index (κ2) is 16.8. The fourth-order valence-corrected chi connectivity index (χ4v) is 6.35. The topological polar surface area (TPSA) is 133 Å². The Hall–Kier alpha value is -4.65. The molecule has 3 aromatic rings. The van der Waals surface area contributed by atoms with Crippen molar-refractivity contribution in [1.82, 2.24) is 10.2 Å². The first-order valence-corrected chi connectivity index (χ1v) is 16.5. The lowest BCUT2D eigenvalue weighted by Crippen LogP contribution is -2.52. The number of nitrogens with one attached hydrogen (secondary N) is 1. The third-order valence-electron chi connectivity index (χ3n) is 7.43. The van der Waals surface area contributed by atoms with Crippen molar-refractivity contribution in [3.63, 3.8) is 0 Å². The average Bonchev–Trinajstić information content (AvgIpc) is 3.08.